The summed E-state index contributed by atoms with van der Waals surface area (Å²) in [4.78, 5) is 55.2. The Morgan fingerprint density at radius 3 is 2.77 bits per heavy atom. The van der Waals surface area contributed by atoms with Crippen LogP contribution in [0.25, 0.3) is 0 Å². The lowest BCUT2D eigenvalue weighted by Gasteiger charge is -2.48. The van der Waals surface area contributed by atoms with Gasteiger partial charge in [0.25, 0.3) is 0 Å². The van der Waals surface area contributed by atoms with E-state index in [0.717, 1.165) is 32.6 Å². The van der Waals surface area contributed by atoms with E-state index in [9.17, 15) is 24.3 Å². The maximum absolute atomic E-state index is 13.2. The van der Waals surface area contributed by atoms with Crippen LogP contribution >= 0.6 is 11.8 Å². The van der Waals surface area contributed by atoms with Crippen LogP contribution in [0.15, 0.2) is 16.9 Å². The van der Waals surface area contributed by atoms with Crippen LogP contribution in [0.3, 0.4) is 0 Å². The van der Waals surface area contributed by atoms with Crippen molar-refractivity contribution in [1.82, 2.24) is 40.6 Å². The van der Waals surface area contributed by atoms with Crippen LogP contribution in [0, 0.1) is 23.2 Å². The predicted octanol–water partition coefficient (Wildman–Crippen LogP) is -0.673. The zero-order valence-electron chi connectivity index (χ0n) is 22.1. The van der Waals surface area contributed by atoms with Crippen molar-refractivity contribution in [3.8, 4) is 0 Å². The van der Waals surface area contributed by atoms with Gasteiger partial charge in [0, 0.05) is 54.1 Å². The van der Waals surface area contributed by atoms with Crippen LogP contribution < -0.4 is 10.6 Å². The molecule has 0 saturated carbocycles. The number of hydrogen-bond acceptors (Lipinski definition) is 10. The molecule has 1 spiro atoms. The van der Waals surface area contributed by atoms with Crippen molar-refractivity contribution in [2.75, 3.05) is 32.7 Å². The van der Waals surface area contributed by atoms with E-state index in [0.29, 0.717) is 17.9 Å². The first kappa shape index (κ1) is 26.4. The van der Waals surface area contributed by atoms with Gasteiger partial charge in [-0.1, -0.05) is 13.8 Å². The highest BCUT2D eigenvalue weighted by Gasteiger charge is 2.60. The number of carboxylic acids is 1. The molecular formula is C25H34N8O5S. The third-order valence-corrected chi connectivity index (χ3v) is 10.6. The Balaban J connectivity index is 1.08. The molecule has 0 unspecified atom stereocenters. The fourth-order valence-corrected chi connectivity index (χ4v) is 8.60. The number of carboxylic acid groups (broad SMARTS) is 1. The van der Waals surface area contributed by atoms with Crippen LogP contribution in [-0.2, 0) is 25.7 Å². The van der Waals surface area contributed by atoms with Crippen molar-refractivity contribution in [3.05, 3.63) is 16.9 Å². The molecule has 6 rings (SSSR count). The summed E-state index contributed by atoms with van der Waals surface area (Å²) in [6, 6.07) is -0.552. The van der Waals surface area contributed by atoms with Gasteiger partial charge in [0.15, 0.2) is 5.78 Å². The number of nitrogens with one attached hydrogen (secondary N) is 2. The fourth-order valence-electron chi connectivity index (χ4n) is 7.12. The van der Waals surface area contributed by atoms with Gasteiger partial charge in [0.05, 0.1) is 18.0 Å². The fraction of sp³-hybridized carbons (Fsp3) is 0.720. The van der Waals surface area contributed by atoms with Crippen molar-refractivity contribution < 1.29 is 24.3 Å². The van der Waals surface area contributed by atoms with E-state index in [1.54, 1.807) is 0 Å². The zero-order chi connectivity index (χ0) is 27.5. The van der Waals surface area contributed by atoms with Gasteiger partial charge in [-0.25, -0.2) is 9.48 Å². The highest BCUT2D eigenvalue weighted by atomic mass is 32.2. The largest absolute Gasteiger partial charge is 0.477 e. The second kappa shape index (κ2) is 9.97. The number of thioether (sulfide) groups is 1. The summed E-state index contributed by atoms with van der Waals surface area (Å²) >= 11 is 1.49. The molecule has 210 valence electrons. The number of fused-ring (bicyclic) bond motifs is 1. The molecule has 2 amide bonds. The Labute approximate surface area is 230 Å². The van der Waals surface area contributed by atoms with Gasteiger partial charge < -0.3 is 25.5 Å². The molecule has 5 aliphatic heterocycles. The van der Waals surface area contributed by atoms with E-state index in [4.69, 9.17) is 0 Å². The van der Waals surface area contributed by atoms with Crippen LogP contribution in [0.4, 0.5) is 0 Å². The third-order valence-electron chi connectivity index (χ3n) is 9.06. The summed E-state index contributed by atoms with van der Waals surface area (Å²) in [5.74, 6) is -2.15. The molecule has 13 nitrogen and oxygen atoms in total. The highest BCUT2D eigenvalue weighted by molar-refractivity contribution is 8.03. The standard InChI is InChI=1S/C25H34N8O5S/c1-13(5-15(34)8-32-12-28-29-30-32)18-19-14(2)21(20(24(37)38)33(19)23(18)36)39-16-6-17(27-7-16)22(35)31-10-25(11-31)3-4-26-9-25/h12-14,16-19,26-27H,3-11H2,1-2H3,(H,37,38)/t13-,14+,16-,17-,18+,19+/m0/s1. The number of hydrogen-bond donors (Lipinski definition) is 3. The number of nitrogens with zero attached hydrogens (tertiary/aromatic N) is 6. The van der Waals surface area contributed by atoms with Gasteiger partial charge in [-0.2, -0.15) is 0 Å². The number of β-lactam (4-membered cyclic amide) rings is 1. The molecule has 0 aliphatic carbocycles. The van der Waals surface area contributed by atoms with Crippen molar-refractivity contribution in [3.63, 3.8) is 0 Å². The number of Topliss-reactive ketones (excluding diaryl/α,β-unsaturated/α-hetero) is 1. The number of rotatable bonds is 9. The normalized spacial score (nSPS) is 31.8. The number of amides is 2. The summed E-state index contributed by atoms with van der Waals surface area (Å²) in [7, 11) is 0. The minimum Gasteiger partial charge on any atom is -0.477 e. The van der Waals surface area contributed by atoms with Gasteiger partial charge in [0.2, 0.25) is 11.8 Å². The van der Waals surface area contributed by atoms with Gasteiger partial charge in [-0.15, -0.1) is 16.9 Å². The lowest BCUT2D eigenvalue weighted by Crippen LogP contribution is -2.62. The first-order chi connectivity index (χ1) is 18.7. The minimum absolute atomic E-state index is 0.0335. The molecule has 0 aromatic carbocycles. The van der Waals surface area contributed by atoms with E-state index in [1.807, 2.05) is 18.7 Å². The van der Waals surface area contributed by atoms with Gasteiger partial charge in [-0.05, 0) is 35.7 Å². The lowest BCUT2D eigenvalue weighted by molar-refractivity contribution is -0.160. The highest BCUT2D eigenvalue weighted by Crippen LogP contribution is 2.53. The molecule has 39 heavy (non-hydrogen) atoms. The maximum Gasteiger partial charge on any atom is 0.353 e. The average Bonchev–Trinajstić information content (AvgIpc) is 3.66. The van der Waals surface area contributed by atoms with E-state index in [-0.39, 0.29) is 70.8 Å². The van der Waals surface area contributed by atoms with Crippen molar-refractivity contribution >= 4 is 35.3 Å². The lowest BCUT2D eigenvalue weighted by atomic mass is 9.73. The molecule has 4 saturated heterocycles. The number of tetrazole rings is 1. The van der Waals surface area contributed by atoms with E-state index < -0.39 is 11.9 Å². The first-order valence-corrected chi connectivity index (χ1v) is 14.5. The van der Waals surface area contributed by atoms with Gasteiger partial charge in [0.1, 0.15) is 18.6 Å². The number of likely N-dealkylation sites (tertiary alicyclic amines) is 1. The average molecular weight is 559 g/mol. The number of aromatic nitrogens is 4. The number of ketones is 1. The number of carbonyl (C=O) groups excluding carboxylic acids is 3. The summed E-state index contributed by atoms with van der Waals surface area (Å²) in [6.07, 6.45) is 3.29. The van der Waals surface area contributed by atoms with Crippen molar-refractivity contribution in [1.29, 1.82) is 0 Å². The van der Waals surface area contributed by atoms with Crippen LogP contribution in [0.5, 0.6) is 0 Å². The van der Waals surface area contributed by atoms with E-state index in [2.05, 4.69) is 26.2 Å². The monoisotopic (exact) mass is 558 g/mol. The van der Waals surface area contributed by atoms with Gasteiger partial charge in [-0.3, -0.25) is 14.4 Å². The van der Waals surface area contributed by atoms with Gasteiger partial charge >= 0.3 is 5.97 Å². The molecule has 0 bridgehead atoms. The molecule has 4 fully saturated rings. The Morgan fingerprint density at radius 1 is 1.31 bits per heavy atom. The second-order valence-corrected chi connectivity index (χ2v) is 13.2. The first-order valence-electron chi connectivity index (χ1n) is 13.6. The molecule has 5 aliphatic rings. The van der Waals surface area contributed by atoms with Crippen molar-refractivity contribution in [2.24, 2.45) is 23.2 Å². The minimum atomic E-state index is -1.12. The smallest absolute Gasteiger partial charge is 0.353 e. The molecule has 1 aromatic heterocycles. The number of aliphatic carboxylic acids is 1. The molecule has 6 atom stereocenters. The van der Waals surface area contributed by atoms with E-state index in [1.165, 1.54) is 27.7 Å². The molecular weight excluding hydrogens is 524 g/mol. The Morgan fingerprint density at radius 2 is 2.10 bits per heavy atom. The third kappa shape index (κ3) is 4.55. The maximum atomic E-state index is 13.2. The second-order valence-electron chi connectivity index (χ2n) is 11.8. The molecule has 0 radical (unpaired) electrons. The quantitative estimate of drug-likeness (QED) is 0.329. The Hall–Kier alpha value is -2.84. The Kier molecular flexibility index (Phi) is 6.74. The van der Waals surface area contributed by atoms with Crippen molar-refractivity contribution in [2.45, 2.75) is 57.0 Å². The molecule has 1 aromatic rings. The number of carbonyl (C=O) groups is 4. The van der Waals surface area contributed by atoms with Crippen LogP contribution in [-0.4, -0.2) is 109 Å². The molecule has 6 heterocycles. The van der Waals surface area contributed by atoms with Crippen LogP contribution in [0.2, 0.25) is 0 Å². The van der Waals surface area contributed by atoms with E-state index >= 15 is 0 Å². The zero-order valence-corrected chi connectivity index (χ0v) is 22.9. The summed E-state index contributed by atoms with van der Waals surface area (Å²) in [5.41, 5.74) is 0.300. The molecule has 14 heteroatoms. The SMILES string of the molecule is C[C@@H](CC(=O)Cn1cnnn1)[C@H]1C(=O)N2C(C(=O)O)=C(S[C@@H]3CN[C@H](C(=O)N4CC5(CCNC5)C4)C3)[C@H](C)[C@H]12. The Bertz CT molecular complexity index is 1210. The van der Waals surface area contributed by atoms with Crippen LogP contribution in [0.1, 0.15) is 33.1 Å². The summed E-state index contributed by atoms with van der Waals surface area (Å²) < 4.78 is 1.35. The summed E-state index contributed by atoms with van der Waals surface area (Å²) in [6.45, 7) is 8.06. The topological polar surface area (TPSA) is 163 Å². The summed E-state index contributed by atoms with van der Waals surface area (Å²) in [5, 5.41) is 27.6. The predicted molar refractivity (Wildman–Crippen MR) is 139 cm³/mol. The molecule has 3 N–H and O–H groups in total.